The molecule has 0 aromatic heterocycles. The monoisotopic (exact) mass is 197 g/mol. The molecule has 2 nitrogen and oxygen atoms in total. The summed E-state index contributed by atoms with van der Waals surface area (Å²) in [4.78, 5) is 0. The highest BCUT2D eigenvalue weighted by molar-refractivity contribution is 4.98. The maximum atomic E-state index is 6.18. The van der Waals surface area contributed by atoms with Gasteiger partial charge in [0.05, 0.1) is 12.2 Å². The molecule has 5 atom stereocenters. The average molecular weight is 197 g/mol. The van der Waals surface area contributed by atoms with Gasteiger partial charge in [0.1, 0.15) is 0 Å². The van der Waals surface area contributed by atoms with Gasteiger partial charge in [0.2, 0.25) is 0 Å². The average Bonchev–Trinajstić information content (AvgIpc) is 2.25. The van der Waals surface area contributed by atoms with E-state index in [1.54, 1.807) is 0 Å². The van der Waals surface area contributed by atoms with Gasteiger partial charge < -0.3 is 10.5 Å². The van der Waals surface area contributed by atoms with E-state index >= 15 is 0 Å². The third kappa shape index (κ3) is 2.37. The quantitative estimate of drug-likeness (QED) is 0.705. The van der Waals surface area contributed by atoms with E-state index in [-0.39, 0.29) is 12.1 Å². The Morgan fingerprint density at radius 2 is 1.93 bits per heavy atom. The molecule has 2 N–H and O–H groups in total. The predicted molar refractivity (Wildman–Crippen MR) is 60.1 cm³/mol. The Kier molecular flexibility index (Phi) is 3.73. The third-order valence-corrected chi connectivity index (χ3v) is 3.40. The van der Waals surface area contributed by atoms with E-state index in [0.29, 0.717) is 17.9 Å². The van der Waals surface area contributed by atoms with Crippen LogP contribution in [-0.4, -0.2) is 18.2 Å². The van der Waals surface area contributed by atoms with Crippen LogP contribution in [0.1, 0.15) is 34.1 Å². The summed E-state index contributed by atoms with van der Waals surface area (Å²) >= 11 is 0. The van der Waals surface area contributed by atoms with E-state index in [2.05, 4.69) is 27.4 Å². The molecule has 0 amide bonds. The third-order valence-electron chi connectivity index (χ3n) is 3.40. The zero-order valence-corrected chi connectivity index (χ0v) is 9.79. The second-order valence-corrected chi connectivity index (χ2v) is 4.81. The molecule has 1 heterocycles. The molecule has 0 saturated carbocycles. The van der Waals surface area contributed by atoms with Crippen molar-refractivity contribution in [3.05, 3.63) is 12.2 Å². The lowest BCUT2D eigenvalue weighted by molar-refractivity contribution is 0.0490. The number of hydrogen-bond acceptors (Lipinski definition) is 2. The minimum atomic E-state index is 0.197. The number of rotatable bonds is 3. The molecule has 14 heavy (non-hydrogen) atoms. The van der Waals surface area contributed by atoms with Crippen LogP contribution in [0.5, 0.6) is 0 Å². The summed E-state index contributed by atoms with van der Waals surface area (Å²) in [6.45, 7) is 12.4. The first-order valence-electron chi connectivity index (χ1n) is 5.49. The van der Waals surface area contributed by atoms with Crippen LogP contribution in [0.15, 0.2) is 12.2 Å². The number of hydrogen-bond donors (Lipinski definition) is 1. The Balaban J connectivity index is 2.62. The van der Waals surface area contributed by atoms with Crippen molar-refractivity contribution in [2.45, 2.75) is 52.4 Å². The lowest BCUT2D eigenvalue weighted by Gasteiger charge is -2.25. The van der Waals surface area contributed by atoms with Crippen molar-refractivity contribution < 1.29 is 4.74 Å². The number of ether oxygens (including phenoxy) is 1. The molecule has 0 aromatic carbocycles. The van der Waals surface area contributed by atoms with Gasteiger partial charge >= 0.3 is 0 Å². The SMILES string of the molecule is C=C(C)CC(N)C1C(C)OC(C)C1C. The maximum Gasteiger partial charge on any atom is 0.0597 e. The van der Waals surface area contributed by atoms with Gasteiger partial charge in [0, 0.05) is 12.0 Å². The predicted octanol–water partition coefficient (Wildman–Crippen LogP) is 2.34. The summed E-state index contributed by atoms with van der Waals surface area (Å²) in [5.74, 6) is 1.03. The van der Waals surface area contributed by atoms with Crippen molar-refractivity contribution in [1.29, 1.82) is 0 Å². The van der Waals surface area contributed by atoms with E-state index in [0.717, 1.165) is 12.0 Å². The molecular formula is C12H23NO. The van der Waals surface area contributed by atoms with Crippen LogP contribution in [0, 0.1) is 11.8 Å². The van der Waals surface area contributed by atoms with Gasteiger partial charge in [-0.05, 0) is 33.1 Å². The zero-order valence-electron chi connectivity index (χ0n) is 9.79. The lowest BCUT2D eigenvalue weighted by atomic mass is 9.82. The second kappa shape index (κ2) is 4.45. The Morgan fingerprint density at radius 3 is 2.29 bits per heavy atom. The van der Waals surface area contributed by atoms with Crippen LogP contribution in [-0.2, 0) is 4.74 Å². The van der Waals surface area contributed by atoms with Crippen molar-refractivity contribution in [3.8, 4) is 0 Å². The van der Waals surface area contributed by atoms with Crippen LogP contribution in [0.2, 0.25) is 0 Å². The highest BCUT2D eigenvalue weighted by atomic mass is 16.5. The Labute approximate surface area is 87.5 Å². The molecule has 0 radical (unpaired) electrons. The summed E-state index contributed by atoms with van der Waals surface area (Å²) in [6, 6.07) is 0.197. The fourth-order valence-electron chi connectivity index (χ4n) is 2.57. The minimum absolute atomic E-state index is 0.197. The molecule has 82 valence electrons. The summed E-state index contributed by atoms with van der Waals surface area (Å²) in [6.07, 6.45) is 1.54. The highest BCUT2D eigenvalue weighted by Gasteiger charge is 2.39. The maximum absolute atomic E-state index is 6.18. The number of nitrogens with two attached hydrogens (primary N) is 1. The van der Waals surface area contributed by atoms with Gasteiger partial charge in [-0.1, -0.05) is 12.5 Å². The van der Waals surface area contributed by atoms with Crippen molar-refractivity contribution in [3.63, 3.8) is 0 Å². The molecule has 2 heteroatoms. The van der Waals surface area contributed by atoms with Crippen LogP contribution in [0.25, 0.3) is 0 Å². The first-order valence-corrected chi connectivity index (χ1v) is 5.49. The zero-order chi connectivity index (χ0) is 10.9. The van der Waals surface area contributed by atoms with Crippen molar-refractivity contribution in [1.82, 2.24) is 0 Å². The molecular weight excluding hydrogens is 174 g/mol. The van der Waals surface area contributed by atoms with Crippen molar-refractivity contribution >= 4 is 0 Å². The largest absolute Gasteiger partial charge is 0.375 e. The highest BCUT2D eigenvalue weighted by Crippen LogP contribution is 2.35. The fraction of sp³-hybridized carbons (Fsp3) is 0.833. The smallest absolute Gasteiger partial charge is 0.0597 e. The first kappa shape index (κ1) is 11.7. The lowest BCUT2D eigenvalue weighted by Crippen LogP contribution is -2.37. The fourth-order valence-corrected chi connectivity index (χ4v) is 2.57. The molecule has 0 aliphatic carbocycles. The van der Waals surface area contributed by atoms with E-state index < -0.39 is 0 Å². The van der Waals surface area contributed by atoms with E-state index in [9.17, 15) is 0 Å². The Morgan fingerprint density at radius 1 is 1.36 bits per heavy atom. The van der Waals surface area contributed by atoms with Crippen molar-refractivity contribution in [2.24, 2.45) is 17.6 Å². The summed E-state index contributed by atoms with van der Waals surface area (Å²) in [5.41, 5.74) is 7.35. The molecule has 5 unspecified atom stereocenters. The molecule has 1 aliphatic heterocycles. The first-order chi connectivity index (χ1) is 6.43. The Bertz CT molecular complexity index is 214. The molecule has 1 saturated heterocycles. The molecule has 1 aliphatic rings. The normalized spacial score (nSPS) is 39.8. The molecule has 0 aromatic rings. The van der Waals surface area contributed by atoms with E-state index in [4.69, 9.17) is 10.5 Å². The van der Waals surface area contributed by atoms with E-state index in [1.807, 2.05) is 6.92 Å². The van der Waals surface area contributed by atoms with Crippen LogP contribution < -0.4 is 5.73 Å². The second-order valence-electron chi connectivity index (χ2n) is 4.81. The molecule has 0 spiro atoms. The topological polar surface area (TPSA) is 35.2 Å². The van der Waals surface area contributed by atoms with Gasteiger partial charge in [-0.25, -0.2) is 0 Å². The standard InChI is InChI=1S/C12H23NO/c1-7(2)6-11(13)12-8(3)9(4)14-10(12)5/h8-12H,1,6,13H2,2-5H3. The minimum Gasteiger partial charge on any atom is -0.375 e. The van der Waals surface area contributed by atoms with Crippen LogP contribution in [0.3, 0.4) is 0 Å². The molecule has 0 bridgehead atoms. The van der Waals surface area contributed by atoms with Crippen LogP contribution in [0.4, 0.5) is 0 Å². The van der Waals surface area contributed by atoms with Gasteiger partial charge in [0.25, 0.3) is 0 Å². The summed E-state index contributed by atoms with van der Waals surface area (Å²) in [5, 5.41) is 0. The Hall–Kier alpha value is -0.340. The van der Waals surface area contributed by atoms with Gasteiger partial charge in [-0.3, -0.25) is 0 Å². The van der Waals surface area contributed by atoms with Gasteiger partial charge in [-0.15, -0.1) is 6.58 Å². The molecule has 1 fully saturated rings. The summed E-state index contributed by atoms with van der Waals surface area (Å²) in [7, 11) is 0. The van der Waals surface area contributed by atoms with Crippen LogP contribution >= 0.6 is 0 Å². The van der Waals surface area contributed by atoms with Gasteiger partial charge in [-0.2, -0.15) is 0 Å². The van der Waals surface area contributed by atoms with E-state index in [1.165, 1.54) is 0 Å². The summed E-state index contributed by atoms with van der Waals surface area (Å²) < 4.78 is 5.78. The van der Waals surface area contributed by atoms with Gasteiger partial charge in [0.15, 0.2) is 0 Å². The molecule has 1 rings (SSSR count). The van der Waals surface area contributed by atoms with Crippen molar-refractivity contribution in [2.75, 3.05) is 0 Å².